The Balaban J connectivity index is 2.76. The summed E-state index contributed by atoms with van der Waals surface area (Å²) >= 11 is 0. The first-order valence-corrected chi connectivity index (χ1v) is 4.59. The fourth-order valence-electron chi connectivity index (χ4n) is 1.22. The summed E-state index contributed by atoms with van der Waals surface area (Å²) in [6.07, 6.45) is 0.717. The monoisotopic (exact) mass is 197 g/mol. The van der Waals surface area contributed by atoms with Crippen molar-refractivity contribution >= 4 is 5.97 Å². The fraction of sp³-hybridized carbons (Fsp3) is 0.667. The summed E-state index contributed by atoms with van der Waals surface area (Å²) in [6, 6.07) is 0. The Morgan fingerprint density at radius 3 is 2.71 bits per heavy atom. The van der Waals surface area contributed by atoms with Gasteiger partial charge in [0.2, 0.25) is 0 Å². The van der Waals surface area contributed by atoms with Crippen molar-refractivity contribution < 1.29 is 9.90 Å². The van der Waals surface area contributed by atoms with E-state index in [9.17, 15) is 4.79 Å². The number of hydrogen-bond acceptors (Lipinski definition) is 3. The number of nitrogens with zero attached hydrogens (tertiary/aromatic N) is 3. The number of carbonyl (C=O) groups is 1. The van der Waals surface area contributed by atoms with E-state index >= 15 is 0 Å². The number of carboxylic acid groups (broad SMARTS) is 1. The molecule has 1 N–H and O–H groups in total. The van der Waals surface area contributed by atoms with E-state index in [-0.39, 0.29) is 6.42 Å². The fourth-order valence-corrected chi connectivity index (χ4v) is 1.22. The second kappa shape index (κ2) is 4.21. The molecule has 1 aromatic heterocycles. The van der Waals surface area contributed by atoms with Crippen molar-refractivity contribution in [3.63, 3.8) is 0 Å². The van der Waals surface area contributed by atoms with Crippen molar-refractivity contribution in [3.05, 3.63) is 11.6 Å². The molecule has 0 spiro atoms. The average Bonchev–Trinajstić information content (AvgIpc) is 2.28. The molecule has 0 aromatic carbocycles. The maximum atomic E-state index is 10.5. The lowest BCUT2D eigenvalue weighted by Gasteiger charge is -1.96. The number of carboxylic acids is 1. The molecule has 0 saturated heterocycles. The second-order valence-corrected chi connectivity index (χ2v) is 3.74. The molecule has 78 valence electrons. The van der Waals surface area contributed by atoms with E-state index in [0.717, 1.165) is 12.2 Å². The molecule has 1 rings (SSSR count). The third-order valence-corrected chi connectivity index (χ3v) is 1.80. The van der Waals surface area contributed by atoms with E-state index in [1.165, 1.54) is 4.68 Å². The molecule has 0 aliphatic carbocycles. The van der Waals surface area contributed by atoms with E-state index in [4.69, 9.17) is 5.11 Å². The van der Waals surface area contributed by atoms with Gasteiger partial charge in [0, 0.05) is 13.5 Å². The summed E-state index contributed by atoms with van der Waals surface area (Å²) in [4.78, 5) is 14.6. The van der Waals surface area contributed by atoms with E-state index in [1.807, 2.05) is 0 Å². The third kappa shape index (κ3) is 2.83. The van der Waals surface area contributed by atoms with Gasteiger partial charge in [-0.1, -0.05) is 13.8 Å². The van der Waals surface area contributed by atoms with Crippen LogP contribution in [-0.2, 0) is 24.7 Å². The zero-order valence-electron chi connectivity index (χ0n) is 8.69. The molecule has 0 atom stereocenters. The first-order chi connectivity index (χ1) is 6.49. The van der Waals surface area contributed by atoms with Crippen LogP contribution in [0.2, 0.25) is 0 Å². The summed E-state index contributed by atoms with van der Waals surface area (Å²) in [5.74, 6) is 0.832. The predicted molar refractivity (Wildman–Crippen MR) is 50.9 cm³/mol. The van der Waals surface area contributed by atoms with Crippen molar-refractivity contribution in [1.29, 1.82) is 0 Å². The number of aromatic nitrogens is 3. The topological polar surface area (TPSA) is 68.0 Å². The van der Waals surface area contributed by atoms with Gasteiger partial charge in [0.05, 0.1) is 0 Å². The van der Waals surface area contributed by atoms with E-state index in [0.29, 0.717) is 11.7 Å². The molecule has 0 radical (unpaired) electrons. The van der Waals surface area contributed by atoms with Crippen molar-refractivity contribution in [1.82, 2.24) is 14.8 Å². The lowest BCUT2D eigenvalue weighted by molar-refractivity contribution is -0.136. The zero-order chi connectivity index (χ0) is 10.7. The highest BCUT2D eigenvalue weighted by molar-refractivity contribution is 5.68. The highest BCUT2D eigenvalue weighted by Crippen LogP contribution is 2.04. The average molecular weight is 197 g/mol. The van der Waals surface area contributed by atoms with Gasteiger partial charge in [-0.15, -0.1) is 0 Å². The third-order valence-electron chi connectivity index (χ3n) is 1.80. The molecule has 1 heterocycles. The molecule has 14 heavy (non-hydrogen) atoms. The van der Waals surface area contributed by atoms with Crippen LogP contribution in [0.25, 0.3) is 0 Å². The largest absolute Gasteiger partial charge is 0.481 e. The molecule has 1 aromatic rings. The molecule has 0 aliphatic heterocycles. The normalized spacial score (nSPS) is 10.9. The highest BCUT2D eigenvalue weighted by atomic mass is 16.4. The minimum absolute atomic E-state index is 0.0679. The van der Waals surface area contributed by atoms with Crippen LogP contribution in [0.5, 0.6) is 0 Å². The Morgan fingerprint density at radius 1 is 1.57 bits per heavy atom. The standard InChI is InChI=1S/C9H15N3O2/c1-6(2)4-7-10-8(5-9(13)14)12(3)11-7/h6H,4-5H2,1-3H3,(H,13,14). The first kappa shape index (κ1) is 10.7. The Hall–Kier alpha value is -1.39. The van der Waals surface area contributed by atoms with Crippen LogP contribution in [0, 0.1) is 5.92 Å². The molecule has 0 unspecified atom stereocenters. The van der Waals surface area contributed by atoms with Crippen LogP contribution >= 0.6 is 0 Å². The van der Waals surface area contributed by atoms with Crippen LogP contribution in [-0.4, -0.2) is 25.8 Å². The van der Waals surface area contributed by atoms with Gasteiger partial charge in [-0.05, 0) is 5.92 Å². The first-order valence-electron chi connectivity index (χ1n) is 4.59. The van der Waals surface area contributed by atoms with E-state index in [2.05, 4.69) is 23.9 Å². The SMILES string of the molecule is CC(C)Cc1nc(CC(=O)O)n(C)n1. The van der Waals surface area contributed by atoms with Crippen molar-refractivity contribution in [2.24, 2.45) is 13.0 Å². The highest BCUT2D eigenvalue weighted by Gasteiger charge is 2.11. The minimum atomic E-state index is -0.878. The molecule has 0 aliphatic rings. The zero-order valence-corrected chi connectivity index (χ0v) is 8.69. The summed E-state index contributed by atoms with van der Waals surface area (Å²) in [5.41, 5.74) is 0. The van der Waals surface area contributed by atoms with Gasteiger partial charge in [-0.3, -0.25) is 9.48 Å². The van der Waals surface area contributed by atoms with E-state index < -0.39 is 5.97 Å². The van der Waals surface area contributed by atoms with Gasteiger partial charge >= 0.3 is 5.97 Å². The van der Waals surface area contributed by atoms with Crippen LogP contribution in [0.4, 0.5) is 0 Å². The van der Waals surface area contributed by atoms with Crippen molar-refractivity contribution in [3.8, 4) is 0 Å². The van der Waals surface area contributed by atoms with Gasteiger partial charge in [-0.25, -0.2) is 4.98 Å². The summed E-state index contributed by atoms with van der Waals surface area (Å²) in [5, 5.41) is 12.7. The van der Waals surface area contributed by atoms with Crippen LogP contribution in [0.1, 0.15) is 25.5 Å². The Kier molecular flexibility index (Phi) is 3.22. The Bertz CT molecular complexity index is 331. The van der Waals surface area contributed by atoms with Gasteiger partial charge in [0.15, 0.2) is 5.82 Å². The Labute approximate surface area is 82.8 Å². The van der Waals surface area contributed by atoms with Gasteiger partial charge in [0.25, 0.3) is 0 Å². The molecule has 0 amide bonds. The second-order valence-electron chi connectivity index (χ2n) is 3.74. The van der Waals surface area contributed by atoms with Crippen LogP contribution < -0.4 is 0 Å². The minimum Gasteiger partial charge on any atom is -0.481 e. The molecular formula is C9H15N3O2. The lowest BCUT2D eigenvalue weighted by atomic mass is 10.1. The molecule has 0 bridgehead atoms. The van der Waals surface area contributed by atoms with Crippen LogP contribution in [0.3, 0.4) is 0 Å². The van der Waals surface area contributed by atoms with Crippen LogP contribution in [0.15, 0.2) is 0 Å². The number of aliphatic carboxylic acids is 1. The van der Waals surface area contributed by atoms with Crippen molar-refractivity contribution in [2.45, 2.75) is 26.7 Å². The smallest absolute Gasteiger partial charge is 0.311 e. The van der Waals surface area contributed by atoms with Gasteiger partial charge in [0.1, 0.15) is 12.2 Å². The Morgan fingerprint density at radius 2 is 2.21 bits per heavy atom. The van der Waals surface area contributed by atoms with Crippen molar-refractivity contribution in [2.75, 3.05) is 0 Å². The predicted octanol–water partition coefficient (Wildman–Crippen LogP) is 0.641. The molecule has 5 nitrogen and oxygen atoms in total. The lowest BCUT2D eigenvalue weighted by Crippen LogP contribution is -2.06. The molecule has 5 heteroatoms. The summed E-state index contributed by atoms with van der Waals surface area (Å²) in [7, 11) is 1.72. The van der Waals surface area contributed by atoms with Gasteiger partial charge in [-0.2, -0.15) is 5.10 Å². The molecule has 0 saturated carbocycles. The number of rotatable bonds is 4. The van der Waals surface area contributed by atoms with E-state index in [1.54, 1.807) is 7.05 Å². The quantitative estimate of drug-likeness (QED) is 0.769. The maximum Gasteiger partial charge on any atom is 0.311 e. The molecular weight excluding hydrogens is 182 g/mol. The maximum absolute atomic E-state index is 10.5. The summed E-state index contributed by atoms with van der Waals surface area (Å²) < 4.78 is 1.53. The summed E-state index contributed by atoms with van der Waals surface area (Å²) in [6.45, 7) is 4.15. The molecule has 0 fully saturated rings. The number of hydrogen-bond donors (Lipinski definition) is 1. The van der Waals surface area contributed by atoms with Gasteiger partial charge < -0.3 is 5.11 Å². The number of aryl methyl sites for hydroxylation is 1.